The van der Waals surface area contributed by atoms with Crippen molar-refractivity contribution < 1.29 is 4.74 Å². The second-order valence-corrected chi connectivity index (χ2v) is 7.63. The molecule has 4 heteroatoms. The molecule has 20 heavy (non-hydrogen) atoms. The van der Waals surface area contributed by atoms with E-state index in [0.717, 1.165) is 41.2 Å². The highest BCUT2D eigenvalue weighted by Gasteiger charge is 2.20. The summed E-state index contributed by atoms with van der Waals surface area (Å²) in [5.41, 5.74) is 8.73. The van der Waals surface area contributed by atoms with E-state index < -0.39 is 0 Å². The first kappa shape index (κ1) is 14.6. The number of hydrogen-bond donors (Lipinski definition) is 1. The fourth-order valence-corrected chi connectivity index (χ4v) is 4.72. The minimum atomic E-state index is 0.187. The number of benzene rings is 1. The van der Waals surface area contributed by atoms with E-state index in [9.17, 15) is 0 Å². The number of ether oxygens (including phenoxy) is 1. The topological polar surface area (TPSA) is 35.2 Å². The molecule has 1 aliphatic heterocycles. The van der Waals surface area contributed by atoms with E-state index >= 15 is 0 Å². The Kier molecular flexibility index (Phi) is 4.79. The van der Waals surface area contributed by atoms with Crippen molar-refractivity contribution in [1.82, 2.24) is 0 Å². The quantitative estimate of drug-likeness (QED) is 0.898. The van der Waals surface area contributed by atoms with E-state index in [1.807, 2.05) is 12.1 Å². The molecule has 2 aliphatic rings. The standard InChI is InChI=1S/C16H22ClNOS/c17-13-7-11-5-6-19-16(11)12(8-13)9-14(18)10-20-15-3-1-2-4-15/h7-8,14-15H,1-6,9-10,18H2. The third-order valence-corrected chi connectivity index (χ3v) is 5.94. The van der Waals surface area contributed by atoms with Crippen molar-refractivity contribution in [2.45, 2.75) is 49.8 Å². The average molecular weight is 312 g/mol. The van der Waals surface area contributed by atoms with E-state index in [1.165, 1.54) is 36.8 Å². The van der Waals surface area contributed by atoms with Crippen molar-refractivity contribution in [3.8, 4) is 5.75 Å². The van der Waals surface area contributed by atoms with Crippen molar-refractivity contribution in [2.75, 3.05) is 12.4 Å². The van der Waals surface area contributed by atoms with Gasteiger partial charge in [0.25, 0.3) is 0 Å². The second-order valence-electron chi connectivity index (χ2n) is 5.86. The zero-order valence-corrected chi connectivity index (χ0v) is 13.3. The normalized spacial score (nSPS) is 19.9. The minimum Gasteiger partial charge on any atom is -0.493 e. The number of hydrogen-bond acceptors (Lipinski definition) is 3. The fraction of sp³-hybridized carbons (Fsp3) is 0.625. The largest absolute Gasteiger partial charge is 0.493 e. The van der Waals surface area contributed by atoms with Crippen LogP contribution in [0.4, 0.5) is 0 Å². The number of thioether (sulfide) groups is 1. The molecular weight excluding hydrogens is 290 g/mol. The van der Waals surface area contributed by atoms with Gasteiger partial charge in [-0.1, -0.05) is 24.4 Å². The van der Waals surface area contributed by atoms with Gasteiger partial charge in [0.1, 0.15) is 5.75 Å². The summed E-state index contributed by atoms with van der Waals surface area (Å²) in [6.07, 6.45) is 7.35. The molecule has 1 aromatic carbocycles. The van der Waals surface area contributed by atoms with Gasteiger partial charge in [-0.05, 0) is 42.5 Å². The zero-order chi connectivity index (χ0) is 13.9. The molecule has 1 aliphatic carbocycles. The highest BCUT2D eigenvalue weighted by atomic mass is 35.5. The lowest BCUT2D eigenvalue weighted by Gasteiger charge is -2.16. The van der Waals surface area contributed by atoms with Crippen molar-refractivity contribution in [2.24, 2.45) is 5.73 Å². The SMILES string of the molecule is NC(CSC1CCCC1)Cc1cc(Cl)cc2c1OCC2. The Labute approximate surface area is 130 Å². The van der Waals surface area contributed by atoms with Gasteiger partial charge >= 0.3 is 0 Å². The summed E-state index contributed by atoms with van der Waals surface area (Å²) in [5, 5.41) is 1.64. The Bertz CT molecular complexity index is 474. The van der Waals surface area contributed by atoms with Crippen LogP contribution in [-0.2, 0) is 12.8 Å². The van der Waals surface area contributed by atoms with Gasteiger partial charge in [0.15, 0.2) is 0 Å². The summed E-state index contributed by atoms with van der Waals surface area (Å²) in [6, 6.07) is 4.23. The molecule has 0 saturated heterocycles. The number of fused-ring (bicyclic) bond motifs is 1. The van der Waals surface area contributed by atoms with Crippen LogP contribution in [0.2, 0.25) is 5.02 Å². The predicted octanol–water partition coefficient (Wildman–Crippen LogP) is 3.82. The molecule has 2 nitrogen and oxygen atoms in total. The summed E-state index contributed by atoms with van der Waals surface area (Å²) < 4.78 is 5.74. The molecule has 0 bridgehead atoms. The van der Waals surface area contributed by atoms with Crippen LogP contribution < -0.4 is 10.5 Å². The van der Waals surface area contributed by atoms with E-state index in [1.54, 1.807) is 0 Å². The third kappa shape index (κ3) is 3.44. The summed E-state index contributed by atoms with van der Waals surface area (Å²) in [7, 11) is 0. The van der Waals surface area contributed by atoms with Gasteiger partial charge in [0.2, 0.25) is 0 Å². The maximum Gasteiger partial charge on any atom is 0.125 e. The minimum absolute atomic E-state index is 0.187. The van der Waals surface area contributed by atoms with Crippen LogP contribution in [0.25, 0.3) is 0 Å². The van der Waals surface area contributed by atoms with Crippen LogP contribution in [0.15, 0.2) is 12.1 Å². The molecular formula is C16H22ClNOS. The van der Waals surface area contributed by atoms with Crippen molar-refractivity contribution >= 4 is 23.4 Å². The number of halogens is 1. The van der Waals surface area contributed by atoms with Gasteiger partial charge in [0.05, 0.1) is 6.61 Å². The van der Waals surface area contributed by atoms with Crippen molar-refractivity contribution in [1.29, 1.82) is 0 Å². The highest BCUT2D eigenvalue weighted by molar-refractivity contribution is 7.99. The molecule has 1 saturated carbocycles. The van der Waals surface area contributed by atoms with Gasteiger partial charge in [-0.3, -0.25) is 0 Å². The van der Waals surface area contributed by atoms with Crippen LogP contribution >= 0.6 is 23.4 Å². The fourth-order valence-electron chi connectivity index (χ4n) is 3.15. The van der Waals surface area contributed by atoms with E-state index in [2.05, 4.69) is 11.8 Å². The number of nitrogens with two attached hydrogens (primary N) is 1. The third-order valence-electron chi connectivity index (χ3n) is 4.16. The zero-order valence-electron chi connectivity index (χ0n) is 11.7. The molecule has 1 atom stereocenters. The van der Waals surface area contributed by atoms with Gasteiger partial charge in [-0.2, -0.15) is 11.8 Å². The molecule has 0 aromatic heterocycles. The molecule has 0 spiro atoms. The lowest BCUT2D eigenvalue weighted by atomic mass is 10.0. The van der Waals surface area contributed by atoms with Crippen molar-refractivity contribution in [3.05, 3.63) is 28.3 Å². The smallest absolute Gasteiger partial charge is 0.125 e. The Hall–Kier alpha value is -0.380. The van der Waals surface area contributed by atoms with Gasteiger partial charge < -0.3 is 10.5 Å². The molecule has 110 valence electrons. The maximum atomic E-state index is 6.31. The lowest BCUT2D eigenvalue weighted by molar-refractivity contribution is 0.353. The van der Waals surface area contributed by atoms with E-state index in [-0.39, 0.29) is 6.04 Å². The number of rotatable bonds is 5. The Morgan fingerprint density at radius 1 is 1.35 bits per heavy atom. The van der Waals surface area contributed by atoms with Gasteiger partial charge in [0, 0.05) is 28.5 Å². The summed E-state index contributed by atoms with van der Waals surface area (Å²) in [4.78, 5) is 0. The highest BCUT2D eigenvalue weighted by Crippen LogP contribution is 2.34. The molecule has 2 N–H and O–H groups in total. The summed E-state index contributed by atoms with van der Waals surface area (Å²) in [5.74, 6) is 2.07. The summed E-state index contributed by atoms with van der Waals surface area (Å²) in [6.45, 7) is 0.773. The molecule has 1 unspecified atom stereocenters. The molecule has 0 amide bonds. The van der Waals surface area contributed by atoms with Crippen LogP contribution in [0.5, 0.6) is 5.75 Å². The maximum absolute atomic E-state index is 6.31. The van der Waals surface area contributed by atoms with Crippen LogP contribution in [0, 0.1) is 0 Å². The Morgan fingerprint density at radius 3 is 2.95 bits per heavy atom. The molecule has 3 rings (SSSR count). The van der Waals surface area contributed by atoms with Gasteiger partial charge in [-0.15, -0.1) is 0 Å². The van der Waals surface area contributed by atoms with Crippen LogP contribution in [-0.4, -0.2) is 23.7 Å². The second kappa shape index (κ2) is 6.59. The summed E-state index contributed by atoms with van der Waals surface area (Å²) >= 11 is 8.24. The first-order chi connectivity index (χ1) is 9.72. The van der Waals surface area contributed by atoms with E-state index in [4.69, 9.17) is 22.1 Å². The molecule has 1 aromatic rings. The van der Waals surface area contributed by atoms with Crippen LogP contribution in [0.3, 0.4) is 0 Å². The predicted molar refractivity (Wildman–Crippen MR) is 87.0 cm³/mol. The molecule has 1 heterocycles. The lowest BCUT2D eigenvalue weighted by Crippen LogP contribution is -2.26. The van der Waals surface area contributed by atoms with Crippen molar-refractivity contribution in [3.63, 3.8) is 0 Å². The average Bonchev–Trinajstić information content (AvgIpc) is 3.06. The van der Waals surface area contributed by atoms with Crippen LogP contribution in [0.1, 0.15) is 36.8 Å². The van der Waals surface area contributed by atoms with E-state index in [0.29, 0.717) is 0 Å². The van der Waals surface area contributed by atoms with Gasteiger partial charge in [-0.25, -0.2) is 0 Å². The Morgan fingerprint density at radius 2 is 2.15 bits per heavy atom. The monoisotopic (exact) mass is 311 g/mol. The first-order valence-electron chi connectivity index (χ1n) is 7.53. The first-order valence-corrected chi connectivity index (χ1v) is 8.96. The Balaban J connectivity index is 1.59. The molecule has 0 radical (unpaired) electrons. The molecule has 1 fully saturated rings.